The molecule has 0 saturated carbocycles. The Morgan fingerprint density at radius 2 is 1.47 bits per heavy atom. The second-order valence-electron chi connectivity index (χ2n) is 4.55. The SMILES string of the molecule is CN(C)C(=O)C=Cc1ccc(-c2ccccc2)cc1. The van der Waals surface area contributed by atoms with E-state index in [9.17, 15) is 4.79 Å². The van der Waals surface area contributed by atoms with E-state index in [4.69, 9.17) is 0 Å². The monoisotopic (exact) mass is 251 g/mol. The molecule has 0 saturated heterocycles. The van der Waals surface area contributed by atoms with E-state index in [1.807, 2.05) is 36.4 Å². The van der Waals surface area contributed by atoms with Crippen molar-refractivity contribution < 1.29 is 4.79 Å². The summed E-state index contributed by atoms with van der Waals surface area (Å²) in [6.07, 6.45) is 3.41. The largest absolute Gasteiger partial charge is 0.345 e. The zero-order chi connectivity index (χ0) is 13.7. The van der Waals surface area contributed by atoms with Gasteiger partial charge in [-0.3, -0.25) is 4.79 Å². The van der Waals surface area contributed by atoms with E-state index in [0.29, 0.717) is 0 Å². The first-order chi connectivity index (χ1) is 9.16. The average molecular weight is 251 g/mol. The van der Waals surface area contributed by atoms with Crippen molar-refractivity contribution in [3.05, 3.63) is 66.2 Å². The number of likely N-dealkylation sites (N-methyl/N-ethyl adjacent to an activating group) is 1. The first-order valence-electron chi connectivity index (χ1n) is 6.21. The molecule has 0 radical (unpaired) electrons. The molecular formula is C17H17NO. The van der Waals surface area contributed by atoms with Crippen LogP contribution in [0.2, 0.25) is 0 Å². The van der Waals surface area contributed by atoms with Crippen LogP contribution in [0.3, 0.4) is 0 Å². The van der Waals surface area contributed by atoms with Gasteiger partial charge in [0.15, 0.2) is 0 Å². The molecule has 2 nitrogen and oxygen atoms in total. The maximum Gasteiger partial charge on any atom is 0.246 e. The number of amides is 1. The highest BCUT2D eigenvalue weighted by Crippen LogP contribution is 2.19. The Hall–Kier alpha value is -2.35. The van der Waals surface area contributed by atoms with Gasteiger partial charge in [-0.05, 0) is 22.8 Å². The zero-order valence-electron chi connectivity index (χ0n) is 11.2. The maximum absolute atomic E-state index is 11.4. The lowest BCUT2D eigenvalue weighted by Gasteiger charge is -2.05. The molecule has 1 amide bonds. The standard InChI is InChI=1S/C17H17NO/c1-18(2)17(19)13-10-14-8-11-16(12-9-14)15-6-4-3-5-7-15/h3-13H,1-2H3. The lowest BCUT2D eigenvalue weighted by Crippen LogP contribution is -2.18. The van der Waals surface area contributed by atoms with Crippen molar-refractivity contribution in [1.29, 1.82) is 0 Å². The van der Waals surface area contributed by atoms with Crippen molar-refractivity contribution in [3.8, 4) is 11.1 Å². The maximum atomic E-state index is 11.4. The zero-order valence-corrected chi connectivity index (χ0v) is 11.2. The summed E-state index contributed by atoms with van der Waals surface area (Å²) in [6.45, 7) is 0. The highest BCUT2D eigenvalue weighted by Gasteiger charge is 1.98. The van der Waals surface area contributed by atoms with Crippen molar-refractivity contribution in [2.24, 2.45) is 0 Å². The van der Waals surface area contributed by atoms with E-state index in [-0.39, 0.29) is 5.91 Å². The molecule has 0 N–H and O–H groups in total. The summed E-state index contributed by atoms with van der Waals surface area (Å²) in [7, 11) is 3.48. The molecule has 0 aliphatic rings. The van der Waals surface area contributed by atoms with Crippen LogP contribution in [-0.2, 0) is 4.79 Å². The van der Waals surface area contributed by atoms with Gasteiger partial charge in [0.2, 0.25) is 5.91 Å². The molecule has 96 valence electrons. The molecule has 0 fully saturated rings. The van der Waals surface area contributed by atoms with Crippen molar-refractivity contribution in [1.82, 2.24) is 4.90 Å². The third-order valence-electron chi connectivity index (χ3n) is 2.88. The molecule has 0 aliphatic carbocycles. The van der Waals surface area contributed by atoms with E-state index in [0.717, 1.165) is 5.56 Å². The van der Waals surface area contributed by atoms with Crippen molar-refractivity contribution in [3.63, 3.8) is 0 Å². The van der Waals surface area contributed by atoms with Gasteiger partial charge >= 0.3 is 0 Å². The predicted octanol–water partition coefficient (Wildman–Crippen LogP) is 3.46. The summed E-state index contributed by atoms with van der Waals surface area (Å²) in [5, 5.41) is 0. The Morgan fingerprint density at radius 1 is 0.895 bits per heavy atom. The van der Waals surface area contributed by atoms with Crippen LogP contribution in [0, 0.1) is 0 Å². The fourth-order valence-electron chi connectivity index (χ4n) is 1.73. The van der Waals surface area contributed by atoms with Crippen LogP contribution in [-0.4, -0.2) is 24.9 Å². The summed E-state index contributed by atoms with van der Waals surface area (Å²) in [6, 6.07) is 18.4. The molecule has 2 aromatic rings. The number of hydrogen-bond acceptors (Lipinski definition) is 1. The van der Waals surface area contributed by atoms with Crippen molar-refractivity contribution in [2.75, 3.05) is 14.1 Å². The minimum Gasteiger partial charge on any atom is -0.345 e. The van der Waals surface area contributed by atoms with Crippen LogP contribution in [0.5, 0.6) is 0 Å². The second kappa shape index (κ2) is 6.01. The van der Waals surface area contributed by atoms with Gasteiger partial charge in [-0.2, -0.15) is 0 Å². The van der Waals surface area contributed by atoms with Crippen LogP contribution in [0.1, 0.15) is 5.56 Å². The van der Waals surface area contributed by atoms with Gasteiger partial charge in [-0.15, -0.1) is 0 Å². The third-order valence-corrected chi connectivity index (χ3v) is 2.88. The highest BCUT2D eigenvalue weighted by atomic mass is 16.2. The fourth-order valence-corrected chi connectivity index (χ4v) is 1.73. The topological polar surface area (TPSA) is 20.3 Å². The molecule has 0 bridgehead atoms. The lowest BCUT2D eigenvalue weighted by molar-refractivity contribution is -0.123. The normalized spacial score (nSPS) is 10.6. The molecule has 0 spiro atoms. The van der Waals surface area contributed by atoms with Gasteiger partial charge in [0.1, 0.15) is 0 Å². The summed E-state index contributed by atoms with van der Waals surface area (Å²) < 4.78 is 0. The summed E-state index contributed by atoms with van der Waals surface area (Å²) in [4.78, 5) is 13.0. The van der Waals surface area contributed by atoms with Crippen molar-refractivity contribution >= 4 is 12.0 Å². The van der Waals surface area contributed by atoms with Crippen LogP contribution in [0.4, 0.5) is 0 Å². The minimum atomic E-state index is -0.00728. The highest BCUT2D eigenvalue weighted by molar-refractivity contribution is 5.91. The minimum absolute atomic E-state index is 0.00728. The molecule has 0 heterocycles. The number of carbonyl (C=O) groups excluding carboxylic acids is 1. The van der Waals surface area contributed by atoms with Gasteiger partial charge < -0.3 is 4.90 Å². The Morgan fingerprint density at radius 3 is 2.05 bits per heavy atom. The van der Waals surface area contributed by atoms with E-state index in [2.05, 4.69) is 24.3 Å². The first kappa shape index (κ1) is 13.1. The quantitative estimate of drug-likeness (QED) is 0.765. The van der Waals surface area contributed by atoms with E-state index < -0.39 is 0 Å². The molecule has 19 heavy (non-hydrogen) atoms. The van der Waals surface area contributed by atoms with Gasteiger partial charge in [-0.25, -0.2) is 0 Å². The molecule has 0 atom stereocenters. The Kier molecular flexibility index (Phi) is 4.14. The molecular weight excluding hydrogens is 234 g/mol. The summed E-state index contributed by atoms with van der Waals surface area (Å²) in [5.41, 5.74) is 3.40. The van der Waals surface area contributed by atoms with Crippen LogP contribution >= 0.6 is 0 Å². The fraction of sp³-hybridized carbons (Fsp3) is 0.118. The first-order valence-corrected chi connectivity index (χ1v) is 6.21. The van der Waals surface area contributed by atoms with Crippen molar-refractivity contribution in [2.45, 2.75) is 0 Å². The second-order valence-corrected chi connectivity index (χ2v) is 4.55. The molecule has 0 aromatic heterocycles. The van der Waals surface area contributed by atoms with Gasteiger partial charge in [0, 0.05) is 20.2 Å². The van der Waals surface area contributed by atoms with Crippen LogP contribution in [0.25, 0.3) is 17.2 Å². The van der Waals surface area contributed by atoms with E-state index in [1.165, 1.54) is 11.1 Å². The predicted molar refractivity (Wildman–Crippen MR) is 79.6 cm³/mol. The molecule has 2 rings (SSSR count). The number of hydrogen-bond donors (Lipinski definition) is 0. The van der Waals surface area contributed by atoms with Gasteiger partial charge in [0.25, 0.3) is 0 Å². The van der Waals surface area contributed by atoms with E-state index >= 15 is 0 Å². The summed E-state index contributed by atoms with van der Waals surface area (Å²) >= 11 is 0. The molecule has 0 aliphatic heterocycles. The number of nitrogens with zero attached hydrogens (tertiary/aromatic N) is 1. The lowest BCUT2D eigenvalue weighted by atomic mass is 10.0. The number of rotatable bonds is 3. The van der Waals surface area contributed by atoms with Gasteiger partial charge in [-0.1, -0.05) is 54.6 Å². The van der Waals surface area contributed by atoms with Crippen LogP contribution < -0.4 is 0 Å². The molecule has 2 aromatic carbocycles. The molecule has 2 heteroatoms. The van der Waals surface area contributed by atoms with Crippen LogP contribution in [0.15, 0.2) is 60.7 Å². The Bertz CT molecular complexity index is 568. The summed E-state index contributed by atoms with van der Waals surface area (Å²) in [5.74, 6) is -0.00728. The van der Waals surface area contributed by atoms with E-state index in [1.54, 1.807) is 25.1 Å². The van der Waals surface area contributed by atoms with Gasteiger partial charge in [0.05, 0.1) is 0 Å². The third kappa shape index (κ3) is 3.55. The Balaban J connectivity index is 2.13. The number of carbonyl (C=O) groups is 1. The smallest absolute Gasteiger partial charge is 0.246 e. The molecule has 0 unspecified atom stereocenters. The average Bonchev–Trinajstić information content (AvgIpc) is 2.46. The number of benzene rings is 2. The Labute approximate surface area is 114 Å².